The van der Waals surface area contributed by atoms with Crippen molar-refractivity contribution in [2.75, 3.05) is 19.0 Å². The summed E-state index contributed by atoms with van der Waals surface area (Å²) in [7, 11) is 1.40. The van der Waals surface area contributed by atoms with Crippen molar-refractivity contribution in [3.8, 4) is 5.75 Å². The number of ether oxygens (including phenoxy) is 1. The van der Waals surface area contributed by atoms with Gasteiger partial charge in [0, 0.05) is 24.2 Å². The molecule has 1 unspecified atom stereocenters. The molecule has 94 valence electrons. The molecule has 6 heteroatoms. The molecule has 0 aliphatic rings. The van der Waals surface area contributed by atoms with Gasteiger partial charge in [-0.05, 0) is 12.1 Å². The highest BCUT2D eigenvalue weighted by atomic mass is 19.1. The number of nitrogens with one attached hydrogen (secondary N) is 1. The largest absolute Gasteiger partial charge is 0.494 e. The van der Waals surface area contributed by atoms with Crippen LogP contribution in [-0.4, -0.2) is 24.7 Å². The molecule has 5 nitrogen and oxygen atoms in total. The van der Waals surface area contributed by atoms with Crippen LogP contribution >= 0.6 is 0 Å². The lowest BCUT2D eigenvalue weighted by molar-refractivity contribution is 0.315. The number of anilines is 1. The molecule has 0 aliphatic carbocycles. The van der Waals surface area contributed by atoms with E-state index in [-0.39, 0.29) is 17.5 Å². The minimum atomic E-state index is -0.414. The smallest absolute Gasteiger partial charge is 0.165 e. The molecule has 0 radical (unpaired) electrons. The summed E-state index contributed by atoms with van der Waals surface area (Å²) in [5, 5.41) is 14.4. The van der Waals surface area contributed by atoms with Crippen molar-refractivity contribution in [3.63, 3.8) is 0 Å². The summed E-state index contributed by atoms with van der Waals surface area (Å²) >= 11 is 0. The van der Waals surface area contributed by atoms with Crippen LogP contribution in [0.1, 0.15) is 6.92 Å². The average Bonchev–Trinajstić information content (AvgIpc) is 2.36. The fourth-order valence-electron chi connectivity index (χ4n) is 1.24. The van der Waals surface area contributed by atoms with E-state index in [1.54, 1.807) is 12.1 Å². The molecule has 0 bridgehead atoms. The summed E-state index contributed by atoms with van der Waals surface area (Å²) in [5.41, 5.74) is 6.15. The number of nitrogens with two attached hydrogens (primary N) is 1. The summed E-state index contributed by atoms with van der Waals surface area (Å²) in [6, 6.07) is 4.46. The van der Waals surface area contributed by atoms with E-state index in [0.717, 1.165) is 0 Å². The fourth-order valence-corrected chi connectivity index (χ4v) is 1.24. The van der Waals surface area contributed by atoms with E-state index in [0.29, 0.717) is 12.2 Å². The van der Waals surface area contributed by atoms with Gasteiger partial charge < -0.3 is 21.0 Å². The lowest BCUT2D eigenvalue weighted by Gasteiger charge is -2.13. The Bertz CT molecular complexity index is 410. The highest BCUT2D eigenvalue weighted by Gasteiger charge is 2.08. The van der Waals surface area contributed by atoms with Crippen LogP contribution in [0.25, 0.3) is 0 Å². The molecule has 0 aromatic heterocycles. The molecule has 0 amide bonds. The normalized spacial score (nSPS) is 13.2. The summed E-state index contributed by atoms with van der Waals surface area (Å²) in [4.78, 5) is 0. The van der Waals surface area contributed by atoms with Crippen LogP contribution in [0.15, 0.2) is 23.4 Å². The molecule has 0 heterocycles. The topological polar surface area (TPSA) is 79.9 Å². The van der Waals surface area contributed by atoms with Gasteiger partial charge in [-0.3, -0.25) is 0 Å². The van der Waals surface area contributed by atoms with Crippen molar-refractivity contribution in [2.45, 2.75) is 6.92 Å². The Labute approximate surface area is 99.1 Å². The van der Waals surface area contributed by atoms with Gasteiger partial charge in [-0.15, -0.1) is 0 Å². The summed E-state index contributed by atoms with van der Waals surface area (Å²) in [5.74, 6) is -0.225. The van der Waals surface area contributed by atoms with E-state index in [1.807, 2.05) is 6.92 Å². The van der Waals surface area contributed by atoms with Gasteiger partial charge in [0.15, 0.2) is 11.6 Å². The van der Waals surface area contributed by atoms with Crippen LogP contribution in [-0.2, 0) is 0 Å². The van der Waals surface area contributed by atoms with Gasteiger partial charge >= 0.3 is 0 Å². The molecule has 0 fully saturated rings. The molecule has 1 rings (SSSR count). The SMILES string of the molecule is COc1cc(NCC(C)/C(N)=N/O)ccc1F. The summed E-state index contributed by atoms with van der Waals surface area (Å²) in [6.07, 6.45) is 0. The van der Waals surface area contributed by atoms with Crippen molar-refractivity contribution in [3.05, 3.63) is 24.0 Å². The van der Waals surface area contributed by atoms with Gasteiger partial charge in [0.25, 0.3) is 0 Å². The minimum Gasteiger partial charge on any atom is -0.494 e. The van der Waals surface area contributed by atoms with Gasteiger partial charge in [0.05, 0.1) is 7.11 Å². The van der Waals surface area contributed by atoms with E-state index < -0.39 is 5.82 Å². The second-order valence-corrected chi connectivity index (χ2v) is 3.66. The number of halogens is 1. The first-order chi connectivity index (χ1) is 8.08. The van der Waals surface area contributed by atoms with Crippen molar-refractivity contribution in [2.24, 2.45) is 16.8 Å². The Morgan fingerprint density at radius 3 is 2.94 bits per heavy atom. The Hall–Kier alpha value is -1.98. The highest BCUT2D eigenvalue weighted by Crippen LogP contribution is 2.21. The second-order valence-electron chi connectivity index (χ2n) is 3.66. The number of hydrogen-bond donors (Lipinski definition) is 3. The molecule has 4 N–H and O–H groups in total. The second kappa shape index (κ2) is 5.93. The van der Waals surface area contributed by atoms with Gasteiger partial charge in [-0.2, -0.15) is 0 Å². The molecule has 0 aliphatic heterocycles. The molecule has 1 aromatic carbocycles. The lowest BCUT2D eigenvalue weighted by atomic mass is 10.1. The molecule has 17 heavy (non-hydrogen) atoms. The minimum absolute atomic E-state index is 0.129. The third-order valence-electron chi connectivity index (χ3n) is 2.38. The molecule has 0 spiro atoms. The molecule has 1 atom stereocenters. The van der Waals surface area contributed by atoms with E-state index in [9.17, 15) is 4.39 Å². The van der Waals surface area contributed by atoms with E-state index in [1.165, 1.54) is 13.2 Å². The molecule has 0 saturated heterocycles. The number of rotatable bonds is 5. The molecular weight excluding hydrogens is 225 g/mol. The number of methoxy groups -OCH3 is 1. The standard InChI is InChI=1S/C11H16FN3O2/c1-7(11(13)15-16)6-14-8-3-4-9(12)10(5-8)17-2/h3-5,7,14,16H,6H2,1-2H3,(H2,13,15). The van der Waals surface area contributed by atoms with Crippen LogP contribution in [0, 0.1) is 11.7 Å². The van der Waals surface area contributed by atoms with Gasteiger partial charge in [0.1, 0.15) is 5.84 Å². The third-order valence-corrected chi connectivity index (χ3v) is 2.38. The number of benzene rings is 1. The first-order valence-electron chi connectivity index (χ1n) is 5.13. The van der Waals surface area contributed by atoms with Crippen molar-refractivity contribution < 1.29 is 14.3 Å². The first-order valence-corrected chi connectivity index (χ1v) is 5.13. The number of nitrogens with zero attached hydrogens (tertiary/aromatic N) is 1. The zero-order valence-electron chi connectivity index (χ0n) is 9.77. The van der Waals surface area contributed by atoms with Crippen LogP contribution in [0.4, 0.5) is 10.1 Å². The van der Waals surface area contributed by atoms with Crippen molar-refractivity contribution >= 4 is 11.5 Å². The molecule has 1 aromatic rings. The Morgan fingerprint density at radius 1 is 1.65 bits per heavy atom. The van der Waals surface area contributed by atoms with Gasteiger partial charge in [-0.25, -0.2) is 4.39 Å². The zero-order valence-corrected chi connectivity index (χ0v) is 9.77. The van der Waals surface area contributed by atoms with E-state index in [4.69, 9.17) is 15.7 Å². The quantitative estimate of drug-likeness (QED) is 0.317. The zero-order chi connectivity index (χ0) is 12.8. The van der Waals surface area contributed by atoms with E-state index >= 15 is 0 Å². The van der Waals surface area contributed by atoms with E-state index in [2.05, 4.69) is 10.5 Å². The van der Waals surface area contributed by atoms with Gasteiger partial charge in [-0.1, -0.05) is 12.1 Å². The summed E-state index contributed by atoms with van der Waals surface area (Å²) < 4.78 is 18.0. The Balaban J connectivity index is 2.64. The van der Waals surface area contributed by atoms with Crippen molar-refractivity contribution in [1.82, 2.24) is 0 Å². The van der Waals surface area contributed by atoms with Crippen LogP contribution in [0.5, 0.6) is 5.75 Å². The number of hydrogen-bond acceptors (Lipinski definition) is 4. The number of oxime groups is 1. The predicted molar refractivity (Wildman–Crippen MR) is 64.0 cm³/mol. The maximum atomic E-state index is 13.1. The van der Waals surface area contributed by atoms with Crippen LogP contribution in [0.3, 0.4) is 0 Å². The lowest BCUT2D eigenvalue weighted by Crippen LogP contribution is -2.27. The van der Waals surface area contributed by atoms with Crippen molar-refractivity contribution in [1.29, 1.82) is 0 Å². The van der Waals surface area contributed by atoms with Crippen LogP contribution in [0.2, 0.25) is 0 Å². The Morgan fingerprint density at radius 2 is 2.35 bits per heavy atom. The fraction of sp³-hybridized carbons (Fsp3) is 0.364. The monoisotopic (exact) mass is 241 g/mol. The molecule has 0 saturated carbocycles. The maximum absolute atomic E-state index is 13.1. The highest BCUT2D eigenvalue weighted by molar-refractivity contribution is 5.82. The first kappa shape index (κ1) is 13.1. The Kier molecular flexibility index (Phi) is 4.56. The maximum Gasteiger partial charge on any atom is 0.165 e. The third kappa shape index (κ3) is 3.51. The number of amidine groups is 1. The summed E-state index contributed by atoms with van der Waals surface area (Å²) in [6.45, 7) is 2.29. The van der Waals surface area contributed by atoms with Gasteiger partial charge in [0.2, 0.25) is 0 Å². The molecular formula is C11H16FN3O2. The predicted octanol–water partition coefficient (Wildman–Crippen LogP) is 1.63. The van der Waals surface area contributed by atoms with Crippen LogP contribution < -0.4 is 15.8 Å². The average molecular weight is 241 g/mol.